The SMILES string of the molecule is N#Cc1c(NC(=O)COC(=O)Cn2nnc(-c3ccccc3)n2)oc(-c2ccccc2)c1-c1ccccc1. The molecule has 0 saturated carbocycles. The standard InChI is InChI=1S/C28H20N6O4/c29-16-22-25(19-10-4-1-5-11-19)26(20-12-6-2-7-13-20)38-28(22)30-23(35)18-37-24(36)17-34-32-27(31-33-34)21-14-8-3-9-15-21/h1-15H,17-18H2,(H,30,35). The van der Waals surface area contributed by atoms with Crippen molar-refractivity contribution in [1.82, 2.24) is 20.2 Å². The number of tetrazole rings is 1. The number of esters is 1. The first-order chi connectivity index (χ1) is 18.6. The molecule has 10 heteroatoms. The van der Waals surface area contributed by atoms with Crippen molar-refractivity contribution in [2.24, 2.45) is 0 Å². The van der Waals surface area contributed by atoms with Gasteiger partial charge in [-0.2, -0.15) is 10.1 Å². The van der Waals surface area contributed by atoms with Crippen molar-refractivity contribution in [3.05, 3.63) is 96.6 Å². The molecule has 0 bridgehead atoms. The minimum atomic E-state index is -0.730. The number of amides is 1. The number of aromatic nitrogens is 4. The number of carbonyl (C=O) groups excluding carboxylic acids is 2. The van der Waals surface area contributed by atoms with Gasteiger partial charge in [-0.3, -0.25) is 10.1 Å². The molecule has 0 aliphatic heterocycles. The second kappa shape index (κ2) is 11.0. The number of hydrogen-bond donors (Lipinski definition) is 1. The molecule has 0 spiro atoms. The van der Waals surface area contributed by atoms with Crippen molar-refractivity contribution < 1.29 is 18.7 Å². The summed E-state index contributed by atoms with van der Waals surface area (Å²) in [4.78, 5) is 26.0. The molecular formula is C28H20N6O4. The van der Waals surface area contributed by atoms with Gasteiger partial charge in [-0.15, -0.1) is 10.2 Å². The van der Waals surface area contributed by atoms with Crippen molar-refractivity contribution >= 4 is 17.8 Å². The Hall–Kier alpha value is -5.56. The molecule has 1 amide bonds. The maximum atomic E-state index is 12.6. The number of nitrogens with zero attached hydrogens (tertiary/aromatic N) is 5. The number of benzene rings is 3. The minimum absolute atomic E-state index is 0.0308. The largest absolute Gasteiger partial charge is 0.454 e. The minimum Gasteiger partial charge on any atom is -0.454 e. The van der Waals surface area contributed by atoms with Crippen molar-refractivity contribution in [3.8, 4) is 39.9 Å². The van der Waals surface area contributed by atoms with Gasteiger partial charge in [-0.25, -0.2) is 4.79 Å². The summed E-state index contributed by atoms with van der Waals surface area (Å²) < 4.78 is 11.0. The number of rotatable bonds is 8. The number of nitrogens with one attached hydrogen (secondary N) is 1. The monoisotopic (exact) mass is 504 g/mol. The van der Waals surface area contributed by atoms with Crippen LogP contribution < -0.4 is 5.32 Å². The Bertz CT molecular complexity index is 1610. The Balaban J connectivity index is 1.28. The molecule has 0 atom stereocenters. The zero-order chi connectivity index (χ0) is 26.3. The summed E-state index contributed by atoms with van der Waals surface area (Å²) in [6.45, 7) is -0.917. The first kappa shape index (κ1) is 24.1. The predicted molar refractivity (Wildman–Crippen MR) is 137 cm³/mol. The Morgan fingerprint density at radius 3 is 2.13 bits per heavy atom. The summed E-state index contributed by atoms with van der Waals surface area (Å²) in [6, 6.07) is 29.9. The van der Waals surface area contributed by atoms with E-state index in [9.17, 15) is 14.9 Å². The van der Waals surface area contributed by atoms with Gasteiger partial charge in [0.2, 0.25) is 11.7 Å². The van der Waals surface area contributed by atoms with E-state index in [0.717, 1.165) is 21.5 Å². The van der Waals surface area contributed by atoms with Crippen LogP contribution in [-0.2, 0) is 20.9 Å². The summed E-state index contributed by atoms with van der Waals surface area (Å²) in [7, 11) is 0. The number of anilines is 1. The molecule has 3 aromatic carbocycles. The molecule has 10 nitrogen and oxygen atoms in total. The summed E-state index contributed by atoms with van der Waals surface area (Å²) >= 11 is 0. The average Bonchev–Trinajstić information content (AvgIpc) is 3.58. The third-order valence-corrected chi connectivity index (χ3v) is 5.49. The first-order valence-electron chi connectivity index (χ1n) is 11.6. The molecule has 2 aromatic heterocycles. The molecule has 0 fully saturated rings. The summed E-state index contributed by atoms with van der Waals surface area (Å²) in [6.07, 6.45) is 0. The highest BCUT2D eigenvalue weighted by Gasteiger charge is 2.24. The van der Waals surface area contributed by atoms with E-state index < -0.39 is 18.5 Å². The number of ether oxygens (including phenoxy) is 1. The van der Waals surface area contributed by atoms with E-state index in [1.54, 1.807) is 0 Å². The van der Waals surface area contributed by atoms with Gasteiger partial charge >= 0.3 is 5.97 Å². The second-order valence-corrected chi connectivity index (χ2v) is 8.07. The molecule has 186 valence electrons. The smallest absolute Gasteiger partial charge is 0.330 e. The molecule has 2 heterocycles. The van der Waals surface area contributed by atoms with Crippen LogP contribution in [0.25, 0.3) is 33.8 Å². The molecule has 0 saturated heterocycles. The van der Waals surface area contributed by atoms with Crippen molar-refractivity contribution in [1.29, 1.82) is 5.26 Å². The van der Waals surface area contributed by atoms with Gasteiger partial charge in [0.25, 0.3) is 5.91 Å². The highest BCUT2D eigenvalue weighted by atomic mass is 16.5. The van der Waals surface area contributed by atoms with E-state index in [1.807, 2.05) is 91.0 Å². The van der Waals surface area contributed by atoms with Gasteiger partial charge in [0.1, 0.15) is 17.4 Å². The quantitative estimate of drug-likeness (QED) is 0.309. The van der Waals surface area contributed by atoms with Crippen LogP contribution in [0, 0.1) is 11.3 Å². The van der Waals surface area contributed by atoms with Crippen molar-refractivity contribution in [2.45, 2.75) is 6.54 Å². The molecule has 5 aromatic rings. The Morgan fingerprint density at radius 1 is 0.895 bits per heavy atom. The third-order valence-electron chi connectivity index (χ3n) is 5.49. The predicted octanol–water partition coefficient (Wildman–Crippen LogP) is 4.32. The lowest BCUT2D eigenvalue weighted by Gasteiger charge is -2.04. The van der Waals surface area contributed by atoms with Gasteiger partial charge < -0.3 is 9.15 Å². The van der Waals surface area contributed by atoms with E-state index in [-0.39, 0.29) is 18.0 Å². The zero-order valence-corrected chi connectivity index (χ0v) is 19.9. The van der Waals surface area contributed by atoms with Crippen molar-refractivity contribution in [2.75, 3.05) is 11.9 Å². The van der Waals surface area contributed by atoms with Crippen molar-refractivity contribution in [3.63, 3.8) is 0 Å². The molecule has 38 heavy (non-hydrogen) atoms. The fraction of sp³-hybridized carbons (Fsp3) is 0.0714. The van der Waals surface area contributed by atoms with Gasteiger partial charge in [-0.1, -0.05) is 91.0 Å². The molecule has 5 rings (SSSR count). The lowest BCUT2D eigenvalue weighted by Crippen LogP contribution is -2.23. The Kier molecular flexibility index (Phi) is 7.00. The normalized spacial score (nSPS) is 10.5. The zero-order valence-electron chi connectivity index (χ0n) is 19.9. The number of nitriles is 1. The highest BCUT2D eigenvalue weighted by Crippen LogP contribution is 2.41. The van der Waals surface area contributed by atoms with Gasteiger partial charge in [0.15, 0.2) is 13.2 Å². The van der Waals surface area contributed by atoms with Crippen LogP contribution in [0.5, 0.6) is 0 Å². The topological polar surface area (TPSA) is 136 Å². The van der Waals surface area contributed by atoms with E-state index >= 15 is 0 Å². The van der Waals surface area contributed by atoms with Crippen LogP contribution in [0.2, 0.25) is 0 Å². The highest BCUT2D eigenvalue weighted by molar-refractivity contribution is 5.96. The lowest BCUT2D eigenvalue weighted by atomic mass is 9.98. The van der Waals surface area contributed by atoms with Gasteiger partial charge in [-0.05, 0) is 10.8 Å². The lowest BCUT2D eigenvalue weighted by molar-refractivity contribution is -0.148. The van der Waals surface area contributed by atoms with Gasteiger partial charge in [0.05, 0.1) is 0 Å². The first-order valence-corrected chi connectivity index (χ1v) is 11.6. The summed E-state index contributed by atoms with van der Waals surface area (Å²) in [5.74, 6) is -0.628. The number of furan rings is 1. The third kappa shape index (κ3) is 5.32. The van der Waals surface area contributed by atoms with E-state index in [4.69, 9.17) is 9.15 Å². The van der Waals surface area contributed by atoms with Crippen LogP contribution in [0.1, 0.15) is 5.56 Å². The van der Waals surface area contributed by atoms with Crippen LogP contribution in [0.4, 0.5) is 5.88 Å². The molecule has 0 aliphatic carbocycles. The summed E-state index contributed by atoms with van der Waals surface area (Å²) in [5.41, 5.74) is 2.97. The van der Waals surface area contributed by atoms with Crippen LogP contribution in [-0.4, -0.2) is 38.7 Å². The molecule has 0 unspecified atom stereocenters. The van der Waals surface area contributed by atoms with E-state index in [2.05, 4.69) is 26.8 Å². The van der Waals surface area contributed by atoms with E-state index in [1.165, 1.54) is 0 Å². The second-order valence-electron chi connectivity index (χ2n) is 8.07. The number of carbonyl (C=O) groups is 2. The summed E-state index contributed by atoms with van der Waals surface area (Å²) in [5, 5.41) is 24.4. The fourth-order valence-electron chi connectivity index (χ4n) is 3.78. The van der Waals surface area contributed by atoms with E-state index in [0.29, 0.717) is 17.1 Å². The molecular weight excluding hydrogens is 484 g/mol. The van der Waals surface area contributed by atoms with Crippen LogP contribution in [0.15, 0.2) is 95.4 Å². The van der Waals surface area contributed by atoms with Crippen LogP contribution >= 0.6 is 0 Å². The Morgan fingerprint density at radius 2 is 1.50 bits per heavy atom. The average molecular weight is 505 g/mol. The Labute approximate surface area is 217 Å². The molecule has 0 radical (unpaired) electrons. The maximum Gasteiger partial charge on any atom is 0.330 e. The number of hydrogen-bond acceptors (Lipinski definition) is 8. The van der Waals surface area contributed by atoms with Gasteiger partial charge in [0, 0.05) is 16.7 Å². The molecule has 0 aliphatic rings. The molecule has 1 N–H and O–H groups in total. The van der Waals surface area contributed by atoms with Crippen LogP contribution in [0.3, 0.4) is 0 Å². The maximum absolute atomic E-state index is 12.6. The fourth-order valence-corrected chi connectivity index (χ4v) is 3.78.